The number of methoxy groups -OCH3 is 2. The molecule has 0 N–H and O–H groups in total. The van der Waals surface area contributed by atoms with Gasteiger partial charge in [0.1, 0.15) is 0 Å². The second kappa shape index (κ2) is 16.2. The van der Waals surface area contributed by atoms with E-state index in [1.165, 1.54) is 6.42 Å². The Balaban J connectivity index is -0.000000180. The highest BCUT2D eigenvalue weighted by atomic mass is 16.5. The molecule has 0 aliphatic rings. The van der Waals surface area contributed by atoms with Gasteiger partial charge in [-0.2, -0.15) is 0 Å². The molecule has 0 aromatic carbocycles. The summed E-state index contributed by atoms with van der Waals surface area (Å²) < 4.78 is 9.75. The van der Waals surface area contributed by atoms with Crippen LogP contribution in [0, 0.1) is 26.2 Å². The van der Waals surface area contributed by atoms with Crippen molar-refractivity contribution in [2.24, 2.45) is 11.8 Å². The van der Waals surface area contributed by atoms with Crippen molar-refractivity contribution < 1.29 is 9.47 Å². The van der Waals surface area contributed by atoms with Crippen molar-refractivity contribution in [1.29, 1.82) is 0 Å². The minimum atomic E-state index is 0. The Hall–Kier alpha value is -0.210. The van der Waals surface area contributed by atoms with E-state index in [9.17, 15) is 0 Å². The predicted molar refractivity (Wildman–Crippen MR) is 68.8 cm³/mol. The molecule has 0 amide bonds. The van der Waals surface area contributed by atoms with Gasteiger partial charge in [0, 0.05) is 26.7 Å². The molecule has 0 aliphatic carbocycles. The van der Waals surface area contributed by atoms with Crippen LogP contribution in [0.15, 0.2) is 0 Å². The van der Waals surface area contributed by atoms with Crippen LogP contribution in [0.5, 0.6) is 0 Å². The number of hydrogen-bond acceptors (Lipinski definition) is 2. The van der Waals surface area contributed by atoms with Crippen LogP contribution >= 0.6 is 0 Å². The van der Waals surface area contributed by atoms with Crippen LogP contribution in [0.25, 0.3) is 0 Å². The van der Waals surface area contributed by atoms with Gasteiger partial charge in [-0.3, -0.25) is 0 Å². The zero-order chi connectivity index (χ0) is 11.4. The predicted octanol–water partition coefficient (Wildman–Crippen LogP) is 3.62. The molecule has 2 heteroatoms. The lowest BCUT2D eigenvalue weighted by molar-refractivity contribution is 0.158. The van der Waals surface area contributed by atoms with Crippen LogP contribution in [0.1, 0.15) is 33.6 Å². The molecule has 0 radical (unpaired) electrons. The second-order valence-corrected chi connectivity index (χ2v) is 3.82. The molecule has 2 atom stereocenters. The molecule has 0 saturated carbocycles. The van der Waals surface area contributed by atoms with Crippen molar-refractivity contribution in [3.8, 4) is 0 Å². The molecule has 0 spiro atoms. The van der Waals surface area contributed by atoms with Gasteiger partial charge in [-0.15, -0.1) is 0 Å². The van der Waals surface area contributed by atoms with E-state index >= 15 is 0 Å². The van der Waals surface area contributed by atoms with Crippen LogP contribution in [0.3, 0.4) is 0 Å². The third-order valence-corrected chi connectivity index (χ3v) is 2.09. The summed E-state index contributed by atoms with van der Waals surface area (Å²) in [6, 6.07) is 0. The van der Waals surface area contributed by atoms with Crippen molar-refractivity contribution in [3.05, 3.63) is 14.4 Å². The summed E-state index contributed by atoms with van der Waals surface area (Å²) in [5.41, 5.74) is 0. The molecule has 0 aliphatic heterocycles. The van der Waals surface area contributed by atoms with Gasteiger partial charge in [0.05, 0.1) is 20.0 Å². The third kappa shape index (κ3) is 20.0. The molecule has 15 heavy (non-hydrogen) atoms. The highest BCUT2D eigenvalue weighted by Gasteiger charge is 1.98. The fourth-order valence-corrected chi connectivity index (χ4v) is 0.770. The minimum absolute atomic E-state index is 0. The zero-order valence-corrected chi connectivity index (χ0v) is 11.5. The van der Waals surface area contributed by atoms with E-state index in [0.717, 1.165) is 25.6 Å². The van der Waals surface area contributed by atoms with Crippen molar-refractivity contribution in [2.45, 2.75) is 33.6 Å². The second-order valence-electron chi connectivity index (χ2n) is 3.82. The Morgan fingerprint density at radius 3 is 1.53 bits per heavy atom. The minimum Gasteiger partial charge on any atom is -0.384 e. The van der Waals surface area contributed by atoms with Gasteiger partial charge in [-0.1, -0.05) is 27.2 Å². The molecule has 0 aromatic heterocycles. The largest absolute Gasteiger partial charge is 0.384 e. The molecule has 0 fully saturated rings. The summed E-state index contributed by atoms with van der Waals surface area (Å²) in [6.45, 7) is 11.9. The van der Waals surface area contributed by atoms with Gasteiger partial charge >= 0.3 is 0 Å². The molecular formula is C13H30O2. The van der Waals surface area contributed by atoms with Crippen LogP contribution in [0.4, 0.5) is 0 Å². The fraction of sp³-hybridized carbons (Fsp3) is 0.846. The first-order valence-corrected chi connectivity index (χ1v) is 5.39. The summed E-state index contributed by atoms with van der Waals surface area (Å²) in [4.78, 5) is 0. The first-order chi connectivity index (χ1) is 6.62. The lowest BCUT2D eigenvalue weighted by Crippen LogP contribution is -2.00. The summed E-state index contributed by atoms with van der Waals surface area (Å²) in [5, 5.41) is 0. The van der Waals surface area contributed by atoms with Crippen LogP contribution in [-0.4, -0.2) is 27.4 Å². The van der Waals surface area contributed by atoms with E-state index in [1.54, 1.807) is 14.2 Å². The maximum atomic E-state index is 4.89. The third-order valence-electron chi connectivity index (χ3n) is 2.09. The van der Waals surface area contributed by atoms with Crippen LogP contribution in [0.2, 0.25) is 0 Å². The van der Waals surface area contributed by atoms with E-state index in [0.29, 0.717) is 5.92 Å². The molecular weight excluding hydrogens is 188 g/mol. The first-order valence-electron chi connectivity index (χ1n) is 5.39. The first kappa shape index (κ1) is 20.2. The maximum absolute atomic E-state index is 4.89. The standard InChI is InChI=1S/C6H14O.C6H13O.CH3/c2*1-4-6(2)5-7-3;/h6H,4-5H2,1-3H3;6H,1,4-5H2,2-3H3;1H3/q;+1;-1. The average molecular weight is 218 g/mol. The van der Waals surface area contributed by atoms with Crippen LogP contribution < -0.4 is 0 Å². The Morgan fingerprint density at radius 1 is 1.00 bits per heavy atom. The quantitative estimate of drug-likeness (QED) is 0.634. The molecule has 2 nitrogen and oxygen atoms in total. The van der Waals surface area contributed by atoms with E-state index in [1.807, 2.05) is 0 Å². The summed E-state index contributed by atoms with van der Waals surface area (Å²) >= 11 is 0. The number of rotatable bonds is 6. The van der Waals surface area contributed by atoms with E-state index in [-0.39, 0.29) is 7.43 Å². The monoisotopic (exact) mass is 218 g/mol. The van der Waals surface area contributed by atoms with Crippen molar-refractivity contribution >= 4 is 0 Å². The molecule has 0 heterocycles. The normalized spacial score (nSPS) is 13.1. The number of ether oxygens (including phenoxy) is 2. The van der Waals surface area contributed by atoms with Crippen molar-refractivity contribution in [2.75, 3.05) is 27.4 Å². The fourth-order valence-electron chi connectivity index (χ4n) is 0.770. The Morgan fingerprint density at radius 2 is 1.40 bits per heavy atom. The molecule has 2 unspecified atom stereocenters. The molecule has 0 saturated heterocycles. The van der Waals surface area contributed by atoms with Gasteiger partial charge in [-0.25, -0.2) is 0 Å². The highest BCUT2D eigenvalue weighted by Crippen LogP contribution is 1.98. The molecule has 94 valence electrons. The smallest absolute Gasteiger partial charge is 0.0898 e. The summed E-state index contributed by atoms with van der Waals surface area (Å²) in [6.07, 6.45) is 2.18. The van der Waals surface area contributed by atoms with Gasteiger partial charge in [0.2, 0.25) is 0 Å². The Labute approximate surface area is 97.4 Å². The molecule has 0 aromatic rings. The Kier molecular flexibility index (Phi) is 21.9. The van der Waals surface area contributed by atoms with Crippen molar-refractivity contribution in [3.63, 3.8) is 0 Å². The average Bonchev–Trinajstić information content (AvgIpc) is 2.19. The SMILES string of the molecule is CCC(C)COC.[CH2+]CC(C)COC.[CH3-]. The van der Waals surface area contributed by atoms with E-state index < -0.39 is 0 Å². The van der Waals surface area contributed by atoms with Crippen LogP contribution in [-0.2, 0) is 9.47 Å². The van der Waals surface area contributed by atoms with Gasteiger partial charge in [0.25, 0.3) is 0 Å². The van der Waals surface area contributed by atoms with Crippen molar-refractivity contribution in [1.82, 2.24) is 0 Å². The lowest BCUT2D eigenvalue weighted by atomic mass is 10.1. The zero-order valence-electron chi connectivity index (χ0n) is 11.5. The lowest BCUT2D eigenvalue weighted by Gasteiger charge is -2.03. The summed E-state index contributed by atoms with van der Waals surface area (Å²) in [5.74, 6) is 1.34. The maximum Gasteiger partial charge on any atom is 0.0898 e. The van der Waals surface area contributed by atoms with E-state index in [2.05, 4.69) is 27.7 Å². The highest BCUT2D eigenvalue weighted by molar-refractivity contribution is 4.50. The topological polar surface area (TPSA) is 18.5 Å². The summed E-state index contributed by atoms with van der Waals surface area (Å²) in [7, 11) is 3.46. The molecule has 0 bridgehead atoms. The van der Waals surface area contributed by atoms with Gasteiger partial charge < -0.3 is 16.9 Å². The van der Waals surface area contributed by atoms with Gasteiger partial charge in [0.15, 0.2) is 0 Å². The number of hydrogen-bond donors (Lipinski definition) is 0. The van der Waals surface area contributed by atoms with E-state index in [4.69, 9.17) is 9.47 Å². The molecule has 0 rings (SSSR count). The Bertz CT molecular complexity index is 82.5. The van der Waals surface area contributed by atoms with Gasteiger partial charge in [-0.05, 0) is 5.92 Å².